The second kappa shape index (κ2) is 3.19. The standard InChI is InChI=1S/C8H7N5/c9-4-12-7-1-8-3-11-6-13(8)5-10-2-7/h2-3,6H,1,5H2. The highest BCUT2D eigenvalue weighted by Gasteiger charge is 2.07. The van der Waals surface area contributed by atoms with Gasteiger partial charge in [0, 0.05) is 24.5 Å². The van der Waals surface area contributed by atoms with Gasteiger partial charge in [-0.25, -0.2) is 4.98 Å². The summed E-state index contributed by atoms with van der Waals surface area (Å²) in [5.74, 6) is 0. The Bertz CT molecular complexity index is 406. The first-order chi connectivity index (χ1) is 6.40. The molecule has 5 nitrogen and oxygen atoms in total. The van der Waals surface area contributed by atoms with Crippen LogP contribution in [0.1, 0.15) is 5.69 Å². The van der Waals surface area contributed by atoms with Gasteiger partial charge in [0.1, 0.15) is 6.67 Å². The Labute approximate surface area is 75.1 Å². The molecule has 5 heteroatoms. The molecule has 0 spiro atoms. The zero-order valence-electron chi connectivity index (χ0n) is 6.88. The molecule has 0 bridgehead atoms. The largest absolute Gasteiger partial charge is 0.314 e. The van der Waals surface area contributed by atoms with Crippen LogP contribution >= 0.6 is 0 Å². The van der Waals surface area contributed by atoms with Crippen molar-refractivity contribution >= 4 is 11.9 Å². The molecule has 0 aliphatic carbocycles. The Morgan fingerprint density at radius 2 is 2.54 bits per heavy atom. The number of aromatic nitrogens is 2. The van der Waals surface area contributed by atoms with Gasteiger partial charge in [-0.3, -0.25) is 4.99 Å². The minimum absolute atomic E-state index is 0.555. The second-order valence-electron chi connectivity index (χ2n) is 2.69. The van der Waals surface area contributed by atoms with E-state index in [0.717, 1.165) is 5.69 Å². The summed E-state index contributed by atoms with van der Waals surface area (Å²) in [6.07, 6.45) is 7.50. The van der Waals surface area contributed by atoms with Gasteiger partial charge in [-0.05, 0) is 0 Å². The summed E-state index contributed by atoms with van der Waals surface area (Å²) in [5, 5.41) is 8.39. The molecule has 0 N–H and O–H groups in total. The van der Waals surface area contributed by atoms with Crippen molar-refractivity contribution in [1.29, 1.82) is 5.26 Å². The summed E-state index contributed by atoms with van der Waals surface area (Å²) in [5.41, 5.74) is 1.72. The lowest BCUT2D eigenvalue weighted by Crippen LogP contribution is -2.04. The van der Waals surface area contributed by atoms with Gasteiger partial charge in [-0.15, -0.1) is 0 Å². The normalized spacial score (nSPS) is 17.9. The lowest BCUT2D eigenvalue weighted by molar-refractivity contribution is 0.714. The summed E-state index contributed by atoms with van der Waals surface area (Å²) < 4.78 is 1.93. The van der Waals surface area contributed by atoms with Crippen LogP contribution in [-0.2, 0) is 13.1 Å². The van der Waals surface area contributed by atoms with Gasteiger partial charge in [0.25, 0.3) is 0 Å². The lowest BCUT2D eigenvalue weighted by Gasteiger charge is -1.98. The maximum absolute atomic E-state index is 8.39. The van der Waals surface area contributed by atoms with Crippen molar-refractivity contribution in [3.63, 3.8) is 0 Å². The summed E-state index contributed by atoms with van der Waals surface area (Å²) in [6.45, 7) is 0.555. The number of nitrogens with zero attached hydrogens (tertiary/aromatic N) is 5. The molecule has 13 heavy (non-hydrogen) atoms. The Morgan fingerprint density at radius 1 is 1.62 bits per heavy atom. The third-order valence-electron chi connectivity index (χ3n) is 1.83. The summed E-state index contributed by atoms with van der Waals surface area (Å²) >= 11 is 0. The van der Waals surface area contributed by atoms with Gasteiger partial charge in [0.15, 0.2) is 0 Å². The molecular formula is C8H7N5. The minimum atomic E-state index is 0.555. The molecule has 1 aromatic rings. The predicted octanol–water partition coefficient (Wildman–Crippen LogP) is 0.390. The average molecular weight is 173 g/mol. The van der Waals surface area contributed by atoms with E-state index in [1.807, 2.05) is 4.57 Å². The Morgan fingerprint density at radius 3 is 3.38 bits per heavy atom. The van der Waals surface area contributed by atoms with Gasteiger partial charge < -0.3 is 4.57 Å². The van der Waals surface area contributed by atoms with Crippen LogP contribution in [0.2, 0.25) is 0 Å². The van der Waals surface area contributed by atoms with Crippen molar-refractivity contribution in [2.24, 2.45) is 9.98 Å². The maximum atomic E-state index is 8.39. The molecule has 2 heterocycles. The molecular weight excluding hydrogens is 166 g/mol. The van der Waals surface area contributed by atoms with Crippen molar-refractivity contribution in [3.8, 4) is 6.19 Å². The van der Waals surface area contributed by atoms with Crippen LogP contribution in [0.4, 0.5) is 0 Å². The van der Waals surface area contributed by atoms with Crippen LogP contribution in [0.25, 0.3) is 0 Å². The van der Waals surface area contributed by atoms with E-state index in [2.05, 4.69) is 15.0 Å². The number of hydrogen-bond acceptors (Lipinski definition) is 4. The molecule has 1 aliphatic heterocycles. The van der Waals surface area contributed by atoms with Crippen molar-refractivity contribution in [2.45, 2.75) is 13.1 Å². The monoisotopic (exact) mass is 173 g/mol. The van der Waals surface area contributed by atoms with Gasteiger partial charge in [0.05, 0.1) is 12.0 Å². The smallest absolute Gasteiger partial charge is 0.205 e. The first-order valence-electron chi connectivity index (χ1n) is 3.84. The zero-order valence-corrected chi connectivity index (χ0v) is 6.88. The van der Waals surface area contributed by atoms with Crippen LogP contribution in [-0.4, -0.2) is 21.5 Å². The molecule has 0 aromatic carbocycles. The maximum Gasteiger partial charge on any atom is 0.205 e. The van der Waals surface area contributed by atoms with Gasteiger partial charge >= 0.3 is 0 Å². The van der Waals surface area contributed by atoms with E-state index in [4.69, 9.17) is 5.26 Å². The molecule has 0 amide bonds. The van der Waals surface area contributed by atoms with Gasteiger partial charge in [-0.1, -0.05) is 0 Å². The number of aliphatic imine (C=N–C) groups is 2. The van der Waals surface area contributed by atoms with Crippen LogP contribution in [0, 0.1) is 11.5 Å². The number of rotatable bonds is 0. The van der Waals surface area contributed by atoms with Crippen molar-refractivity contribution in [2.75, 3.05) is 0 Å². The molecule has 0 radical (unpaired) electrons. The number of fused-ring (bicyclic) bond motifs is 1. The van der Waals surface area contributed by atoms with E-state index >= 15 is 0 Å². The molecule has 0 atom stereocenters. The highest BCUT2D eigenvalue weighted by Crippen LogP contribution is 2.04. The molecule has 0 saturated heterocycles. The first kappa shape index (κ1) is 7.68. The Kier molecular flexibility index (Phi) is 1.88. The summed E-state index contributed by atoms with van der Waals surface area (Å²) in [7, 11) is 0. The van der Waals surface area contributed by atoms with E-state index in [0.29, 0.717) is 18.8 Å². The molecule has 0 saturated carbocycles. The van der Waals surface area contributed by atoms with Gasteiger partial charge in [0.2, 0.25) is 6.19 Å². The van der Waals surface area contributed by atoms with Gasteiger partial charge in [-0.2, -0.15) is 10.3 Å². The van der Waals surface area contributed by atoms with Crippen molar-refractivity contribution in [3.05, 3.63) is 18.2 Å². The summed E-state index contributed by atoms with van der Waals surface area (Å²) in [4.78, 5) is 11.7. The zero-order chi connectivity index (χ0) is 9.10. The van der Waals surface area contributed by atoms with E-state index in [1.54, 1.807) is 24.9 Å². The molecule has 1 aromatic heterocycles. The fraction of sp³-hybridized carbons (Fsp3) is 0.250. The van der Waals surface area contributed by atoms with Crippen molar-refractivity contribution in [1.82, 2.24) is 9.55 Å². The van der Waals surface area contributed by atoms with E-state index in [-0.39, 0.29) is 0 Å². The first-order valence-corrected chi connectivity index (χ1v) is 3.84. The molecule has 1 aliphatic rings. The number of nitriles is 1. The third-order valence-corrected chi connectivity index (χ3v) is 1.83. The van der Waals surface area contributed by atoms with Crippen LogP contribution < -0.4 is 0 Å². The molecule has 2 rings (SSSR count). The van der Waals surface area contributed by atoms with E-state index in [1.165, 1.54) is 0 Å². The summed E-state index contributed by atoms with van der Waals surface area (Å²) in [6, 6.07) is 0. The van der Waals surface area contributed by atoms with Crippen LogP contribution in [0.3, 0.4) is 0 Å². The predicted molar refractivity (Wildman–Crippen MR) is 47.5 cm³/mol. The SMILES string of the molecule is N#CN=C1C=NCn2cncc2C1. The second-order valence-corrected chi connectivity index (χ2v) is 2.69. The number of imidazole rings is 1. The van der Waals surface area contributed by atoms with E-state index in [9.17, 15) is 0 Å². The van der Waals surface area contributed by atoms with Crippen LogP contribution in [0.5, 0.6) is 0 Å². The quantitative estimate of drug-likeness (QED) is 0.532. The highest BCUT2D eigenvalue weighted by atomic mass is 15.1. The topological polar surface area (TPSA) is 66.3 Å². The third kappa shape index (κ3) is 1.47. The fourth-order valence-electron chi connectivity index (χ4n) is 1.22. The van der Waals surface area contributed by atoms with E-state index < -0.39 is 0 Å². The average Bonchev–Trinajstić information content (AvgIpc) is 2.46. The molecule has 0 fully saturated rings. The molecule has 64 valence electrons. The Hall–Kier alpha value is -1.96. The highest BCUT2D eigenvalue weighted by molar-refractivity contribution is 6.31. The number of hydrogen-bond donors (Lipinski definition) is 0. The van der Waals surface area contributed by atoms with Crippen LogP contribution in [0.15, 0.2) is 22.5 Å². The fourth-order valence-corrected chi connectivity index (χ4v) is 1.22. The minimum Gasteiger partial charge on any atom is -0.314 e. The lowest BCUT2D eigenvalue weighted by atomic mass is 10.2. The Balaban J connectivity index is 2.35. The molecule has 0 unspecified atom stereocenters. The van der Waals surface area contributed by atoms with Crippen molar-refractivity contribution < 1.29 is 0 Å².